The molecule has 0 saturated carbocycles. The van der Waals surface area contributed by atoms with Crippen LogP contribution in [-0.4, -0.2) is 37.1 Å². The molecule has 0 spiro atoms. The zero-order chi connectivity index (χ0) is 31.7. The molecule has 4 atom stereocenters. The fourth-order valence-corrected chi connectivity index (χ4v) is 7.87. The maximum atomic E-state index is 12.9. The number of amides is 1. The van der Waals surface area contributed by atoms with Crippen molar-refractivity contribution in [2.24, 2.45) is 23.2 Å². The normalized spacial score (nSPS) is 18.2. The third-order valence-electron chi connectivity index (χ3n) is 7.69. The molecule has 4 nitrogen and oxygen atoms in total. The average molecular weight is 628 g/mol. The van der Waals surface area contributed by atoms with Crippen molar-refractivity contribution in [3.63, 3.8) is 0 Å². The van der Waals surface area contributed by atoms with Gasteiger partial charge in [-0.3, -0.25) is 14.0 Å². The van der Waals surface area contributed by atoms with Crippen molar-refractivity contribution in [1.82, 2.24) is 5.32 Å². The van der Waals surface area contributed by atoms with Crippen LogP contribution in [0.5, 0.6) is 0 Å². The fourth-order valence-electron chi connectivity index (χ4n) is 5.46. The van der Waals surface area contributed by atoms with Gasteiger partial charge in [-0.1, -0.05) is 70.6 Å². The van der Waals surface area contributed by atoms with E-state index in [0.717, 1.165) is 24.1 Å². The molecule has 2 rings (SSSR count). The lowest BCUT2D eigenvalue weighted by molar-refractivity contribution is -0.136. The van der Waals surface area contributed by atoms with E-state index in [1.165, 1.54) is 22.5 Å². The molecule has 1 aromatic heterocycles. The molecule has 42 heavy (non-hydrogen) atoms. The van der Waals surface area contributed by atoms with Crippen LogP contribution in [0.2, 0.25) is 0 Å². The smallest absolute Gasteiger partial charge is 0.305 e. The van der Waals surface area contributed by atoms with Gasteiger partial charge in [0.25, 0.3) is 5.91 Å². The summed E-state index contributed by atoms with van der Waals surface area (Å²) >= 11 is 3.26. The molecule has 9 heteroatoms. The number of carboxylic acid groups (broad SMARTS) is 1. The van der Waals surface area contributed by atoms with Gasteiger partial charge in [0, 0.05) is 22.1 Å². The molecule has 0 fully saturated rings. The van der Waals surface area contributed by atoms with Crippen molar-refractivity contribution < 1.29 is 27.9 Å². The van der Waals surface area contributed by atoms with E-state index in [1.807, 2.05) is 12.1 Å². The maximum Gasteiger partial charge on any atom is 0.305 e. The molecule has 1 aliphatic carbocycles. The van der Waals surface area contributed by atoms with Crippen LogP contribution < -0.4 is 5.32 Å². The first-order chi connectivity index (χ1) is 20.0. The second kappa shape index (κ2) is 19.8. The molecule has 0 radical (unpaired) electrons. The number of halogens is 3. The van der Waals surface area contributed by atoms with Gasteiger partial charge < -0.3 is 10.4 Å². The van der Waals surface area contributed by atoms with E-state index >= 15 is 0 Å². The van der Waals surface area contributed by atoms with Crippen LogP contribution in [-0.2, 0) is 4.79 Å². The molecule has 0 bridgehead atoms. The highest BCUT2D eigenvalue weighted by molar-refractivity contribution is 8.02. The maximum absolute atomic E-state index is 12.9. The van der Waals surface area contributed by atoms with E-state index in [-0.39, 0.29) is 48.0 Å². The molecule has 2 N–H and O–H groups in total. The van der Waals surface area contributed by atoms with E-state index in [2.05, 4.69) is 82.6 Å². The summed E-state index contributed by atoms with van der Waals surface area (Å²) in [5.74, 6) is -0.239. The number of alkyl halides is 3. The summed E-state index contributed by atoms with van der Waals surface area (Å²) in [6.07, 6.45) is 14.8. The molecule has 4 unspecified atom stereocenters. The zero-order valence-electron chi connectivity index (χ0n) is 25.8. The summed E-state index contributed by atoms with van der Waals surface area (Å²) in [4.78, 5) is 24.9. The number of aliphatic carboxylic acids is 1. The highest BCUT2D eigenvalue weighted by Crippen LogP contribution is 2.49. The standard InChI is InChI=1S/C32H46FNO3S2.CH2F2/c1-7-9-23(5)32(8-2,26-12-10-25(11-13-26)16-19-33)24(6)18-21-38-30(22(3)4)27-14-15-28(39-27)31(37)34-20-17-29(35)36;2-1-3/h9-10,12-15,18,21-22,24-25,30H,7-8,11,16-17,19-20H2,1-6H3,(H,34,37)(H,35,36);1H2/b21-18+,23-9-;. The van der Waals surface area contributed by atoms with Crippen molar-refractivity contribution in [3.05, 3.63) is 68.8 Å². The van der Waals surface area contributed by atoms with Gasteiger partial charge in [-0.15, -0.1) is 23.1 Å². The molecular formula is C33H48F3NO3S2. The lowest BCUT2D eigenvalue weighted by Gasteiger charge is -2.41. The largest absolute Gasteiger partial charge is 0.481 e. The topological polar surface area (TPSA) is 66.4 Å². The van der Waals surface area contributed by atoms with Crippen LogP contribution in [0.3, 0.4) is 0 Å². The van der Waals surface area contributed by atoms with Crippen molar-refractivity contribution >= 4 is 35.0 Å². The van der Waals surface area contributed by atoms with Gasteiger partial charge >= 0.3 is 5.97 Å². The van der Waals surface area contributed by atoms with Crippen molar-refractivity contribution in [2.45, 2.75) is 78.9 Å². The molecule has 0 aliphatic heterocycles. The number of carboxylic acids is 1. The van der Waals surface area contributed by atoms with Crippen LogP contribution in [0.1, 0.15) is 93.4 Å². The molecule has 1 amide bonds. The number of carbonyl (C=O) groups excluding carboxylic acids is 1. The summed E-state index contributed by atoms with van der Waals surface area (Å²) in [7, 11) is 0. The second-order valence-corrected chi connectivity index (χ2v) is 12.9. The van der Waals surface area contributed by atoms with Gasteiger partial charge in [0.05, 0.1) is 18.0 Å². The SMILES string of the molecule is CC/C=C(/C)C(CC)(C1=CCC(CCF)C=C1)C(C)/C=C/SC(c1ccc(C(=O)NCCC(=O)O)s1)C(C)C.FCF. The van der Waals surface area contributed by atoms with E-state index < -0.39 is 12.9 Å². The number of rotatable bonds is 16. The first kappa shape index (κ1) is 37.8. The summed E-state index contributed by atoms with van der Waals surface area (Å²) in [6.45, 7) is 11.5. The first-order valence-corrected chi connectivity index (χ1v) is 16.4. The molecule has 1 heterocycles. The average Bonchev–Trinajstić information content (AvgIpc) is 3.43. The Kier molecular flexibility index (Phi) is 17.8. The Morgan fingerprint density at radius 2 is 1.90 bits per heavy atom. The Hall–Kier alpha value is -2.26. The van der Waals surface area contributed by atoms with E-state index in [4.69, 9.17) is 5.11 Å². The van der Waals surface area contributed by atoms with Crippen LogP contribution in [0.25, 0.3) is 0 Å². The quantitative estimate of drug-likeness (QED) is 0.179. The first-order valence-electron chi connectivity index (χ1n) is 14.7. The van der Waals surface area contributed by atoms with E-state index in [9.17, 15) is 22.8 Å². The summed E-state index contributed by atoms with van der Waals surface area (Å²) in [5, 5.41) is 13.9. The molecular weight excluding hydrogens is 579 g/mol. The third-order valence-corrected chi connectivity index (χ3v) is 10.4. The number of allylic oxidation sites excluding steroid dienone is 7. The molecule has 1 aromatic rings. The van der Waals surface area contributed by atoms with Gasteiger partial charge in [0.15, 0.2) is 0 Å². The number of thiophene rings is 1. The summed E-state index contributed by atoms with van der Waals surface area (Å²) in [6, 6.07) is 3.85. The van der Waals surface area contributed by atoms with Crippen molar-refractivity contribution in [2.75, 3.05) is 20.1 Å². The van der Waals surface area contributed by atoms with Crippen LogP contribution in [0.4, 0.5) is 13.2 Å². The van der Waals surface area contributed by atoms with Gasteiger partial charge in [-0.2, -0.15) is 0 Å². The molecule has 0 saturated heterocycles. The minimum atomic E-state index is -1.75. The lowest BCUT2D eigenvalue weighted by atomic mass is 9.62. The Morgan fingerprint density at radius 3 is 2.43 bits per heavy atom. The number of nitrogens with one attached hydrogen (secondary N) is 1. The Bertz CT molecular complexity index is 1100. The summed E-state index contributed by atoms with van der Waals surface area (Å²) in [5.41, 5.74) is 2.61. The Morgan fingerprint density at radius 1 is 1.21 bits per heavy atom. The van der Waals surface area contributed by atoms with Gasteiger partial charge in [-0.25, -0.2) is 8.78 Å². The minimum absolute atomic E-state index is 0.0888. The lowest BCUT2D eigenvalue weighted by Crippen LogP contribution is -2.31. The molecule has 1 aliphatic rings. The highest BCUT2D eigenvalue weighted by atomic mass is 32.2. The Labute approximate surface area is 258 Å². The fraction of sp³-hybridized carbons (Fsp3) is 0.576. The monoisotopic (exact) mass is 627 g/mol. The second-order valence-electron chi connectivity index (χ2n) is 10.7. The van der Waals surface area contributed by atoms with Crippen molar-refractivity contribution in [3.8, 4) is 0 Å². The molecule has 236 valence electrons. The predicted octanol–water partition coefficient (Wildman–Crippen LogP) is 10.0. The zero-order valence-corrected chi connectivity index (χ0v) is 27.4. The number of hydrogen-bond acceptors (Lipinski definition) is 4. The Balaban J connectivity index is 0.00000281. The van der Waals surface area contributed by atoms with Gasteiger partial charge in [-0.05, 0) is 73.5 Å². The highest BCUT2D eigenvalue weighted by Gasteiger charge is 2.38. The number of carbonyl (C=O) groups is 2. The molecule has 0 aromatic carbocycles. The predicted molar refractivity (Wildman–Crippen MR) is 172 cm³/mol. The number of thioether (sulfide) groups is 1. The number of hydrogen-bond donors (Lipinski definition) is 2. The van der Waals surface area contributed by atoms with E-state index in [0.29, 0.717) is 17.2 Å². The van der Waals surface area contributed by atoms with Crippen LogP contribution >= 0.6 is 23.1 Å². The van der Waals surface area contributed by atoms with Crippen LogP contribution in [0, 0.1) is 23.2 Å². The van der Waals surface area contributed by atoms with Gasteiger partial charge in [0.2, 0.25) is 6.93 Å². The minimum Gasteiger partial charge on any atom is -0.481 e. The van der Waals surface area contributed by atoms with E-state index in [1.54, 1.807) is 11.8 Å². The summed E-state index contributed by atoms with van der Waals surface area (Å²) < 4.78 is 32.2. The van der Waals surface area contributed by atoms with Crippen LogP contribution in [0.15, 0.2) is 59.1 Å². The third kappa shape index (κ3) is 11.1. The van der Waals surface area contributed by atoms with Crippen molar-refractivity contribution in [1.29, 1.82) is 0 Å². The van der Waals surface area contributed by atoms with Gasteiger partial charge in [0.1, 0.15) is 0 Å².